The van der Waals surface area contributed by atoms with E-state index in [1.54, 1.807) is 0 Å². The van der Waals surface area contributed by atoms with Gasteiger partial charge in [0.25, 0.3) is 0 Å². The molecule has 0 saturated heterocycles. The van der Waals surface area contributed by atoms with Crippen molar-refractivity contribution in [3.05, 3.63) is 33.9 Å². The molecule has 0 N–H and O–H groups in total. The molecule has 0 amide bonds. The van der Waals surface area contributed by atoms with E-state index in [1.165, 1.54) is 27.8 Å². The molecule has 0 aromatic heterocycles. The van der Waals surface area contributed by atoms with E-state index < -0.39 is 0 Å². The van der Waals surface area contributed by atoms with Crippen molar-refractivity contribution in [2.24, 2.45) is 0 Å². The van der Waals surface area contributed by atoms with Crippen LogP contribution in [0.2, 0.25) is 0 Å². The second-order valence-corrected chi connectivity index (χ2v) is 5.53. The number of aryl methyl sites for hydroxylation is 1. The van der Waals surface area contributed by atoms with Crippen LogP contribution in [0.4, 0.5) is 0 Å². The molecule has 0 fully saturated rings. The maximum Gasteiger partial charge on any atom is 0.0494 e. The Balaban J connectivity index is 3.33. The molecular weight excluding hydrogens is 304 g/mol. The summed E-state index contributed by atoms with van der Waals surface area (Å²) in [4.78, 5) is 0.417. The van der Waals surface area contributed by atoms with Gasteiger partial charge in [-0.1, -0.05) is 37.9 Å². The summed E-state index contributed by atoms with van der Waals surface area (Å²) < 4.78 is 0. The Kier molecular flexibility index (Phi) is 4.20. The van der Waals surface area contributed by atoms with E-state index in [4.69, 9.17) is 0 Å². The molecule has 0 aliphatic heterocycles. The second kappa shape index (κ2) is 4.80. The molecule has 0 heterocycles. The molecule has 1 rings (SSSR count). The fourth-order valence-electron chi connectivity index (χ4n) is 1.65. The average molecular weight is 320 g/mol. The molecule has 14 heavy (non-hydrogen) atoms. The van der Waals surface area contributed by atoms with Crippen molar-refractivity contribution in [3.63, 3.8) is 0 Å². The fraction of sp³-hybridized carbons (Fsp3) is 0.500. The number of hydrogen-bond acceptors (Lipinski definition) is 0. The zero-order chi connectivity index (χ0) is 10.9. The monoisotopic (exact) mass is 318 g/mol. The van der Waals surface area contributed by atoms with Crippen molar-refractivity contribution in [3.8, 4) is 0 Å². The molecule has 1 unspecified atom stereocenters. The normalized spacial score (nSPS) is 13.0. The second-order valence-electron chi connectivity index (χ2n) is 3.78. The van der Waals surface area contributed by atoms with E-state index >= 15 is 0 Å². The van der Waals surface area contributed by atoms with Crippen LogP contribution < -0.4 is 0 Å². The third-order valence-electron chi connectivity index (χ3n) is 2.99. The Morgan fingerprint density at radius 1 is 1.07 bits per heavy atom. The summed E-state index contributed by atoms with van der Waals surface area (Å²) in [5, 5.41) is 0.954. The molecule has 0 spiro atoms. The Hall–Kier alpha value is 0.180. The third-order valence-corrected chi connectivity index (χ3v) is 5.33. The average Bonchev–Trinajstić information content (AvgIpc) is 2.19. The van der Waals surface area contributed by atoms with Gasteiger partial charge in [-0.3, -0.25) is 0 Å². The van der Waals surface area contributed by atoms with E-state index in [1.807, 2.05) is 0 Å². The summed E-state index contributed by atoms with van der Waals surface area (Å²) in [6, 6.07) is 2.29. The maximum atomic E-state index is 3.68. The molecule has 0 saturated carbocycles. The lowest BCUT2D eigenvalue weighted by molar-refractivity contribution is 1.07. The predicted octanol–water partition coefficient (Wildman–Crippen LogP) is 4.75. The van der Waals surface area contributed by atoms with Crippen molar-refractivity contribution >= 4 is 31.9 Å². The summed E-state index contributed by atoms with van der Waals surface area (Å²) in [5.74, 6) is 0. The number of hydrogen-bond donors (Lipinski definition) is 0. The van der Waals surface area contributed by atoms with E-state index in [9.17, 15) is 0 Å². The van der Waals surface area contributed by atoms with Crippen LogP contribution in [0.3, 0.4) is 0 Å². The highest BCUT2D eigenvalue weighted by molar-refractivity contribution is 9.12. The van der Waals surface area contributed by atoms with E-state index in [0.717, 1.165) is 5.33 Å². The van der Waals surface area contributed by atoms with Crippen LogP contribution in [0.1, 0.15) is 32.6 Å². The van der Waals surface area contributed by atoms with Gasteiger partial charge in [0, 0.05) is 10.2 Å². The SMILES string of the molecule is Cc1cc(C(Br)CBr)c(C)c(C)c1C. The molecule has 0 nitrogen and oxygen atoms in total. The molecule has 0 aliphatic rings. The van der Waals surface area contributed by atoms with Gasteiger partial charge in [0.2, 0.25) is 0 Å². The Bertz CT molecular complexity index is 343. The van der Waals surface area contributed by atoms with Crippen molar-refractivity contribution in [1.29, 1.82) is 0 Å². The lowest BCUT2D eigenvalue weighted by Crippen LogP contribution is -2.00. The highest BCUT2D eigenvalue weighted by atomic mass is 79.9. The van der Waals surface area contributed by atoms with Gasteiger partial charge in [-0.05, 0) is 55.5 Å². The zero-order valence-corrected chi connectivity index (χ0v) is 12.3. The first-order valence-corrected chi connectivity index (χ1v) is 6.80. The molecule has 78 valence electrons. The van der Waals surface area contributed by atoms with Crippen LogP contribution in [0.5, 0.6) is 0 Å². The molecular formula is C12H16Br2. The van der Waals surface area contributed by atoms with Crippen LogP contribution in [-0.2, 0) is 0 Å². The number of alkyl halides is 2. The molecule has 0 aliphatic carbocycles. The molecule has 0 bridgehead atoms. The van der Waals surface area contributed by atoms with Gasteiger partial charge in [-0.2, -0.15) is 0 Å². The minimum atomic E-state index is 0.417. The van der Waals surface area contributed by atoms with Crippen LogP contribution in [0.15, 0.2) is 6.07 Å². The van der Waals surface area contributed by atoms with Gasteiger partial charge in [0.05, 0.1) is 0 Å². The highest BCUT2D eigenvalue weighted by Gasteiger charge is 2.12. The molecule has 2 heteroatoms. The Labute approximate surface area is 103 Å². The first-order chi connectivity index (χ1) is 6.49. The fourth-order valence-corrected chi connectivity index (χ4v) is 2.48. The summed E-state index contributed by atoms with van der Waals surface area (Å²) in [7, 11) is 0. The molecule has 1 aromatic rings. The van der Waals surface area contributed by atoms with Crippen molar-refractivity contribution in [1.82, 2.24) is 0 Å². The topological polar surface area (TPSA) is 0 Å². The van der Waals surface area contributed by atoms with Crippen LogP contribution in [-0.4, -0.2) is 5.33 Å². The van der Waals surface area contributed by atoms with Crippen molar-refractivity contribution in [2.45, 2.75) is 32.5 Å². The lowest BCUT2D eigenvalue weighted by Gasteiger charge is -2.16. The van der Waals surface area contributed by atoms with Gasteiger partial charge in [-0.15, -0.1) is 0 Å². The zero-order valence-electron chi connectivity index (χ0n) is 9.12. The Morgan fingerprint density at radius 2 is 1.64 bits per heavy atom. The van der Waals surface area contributed by atoms with Crippen LogP contribution >= 0.6 is 31.9 Å². The minimum Gasteiger partial charge on any atom is -0.0912 e. The molecule has 1 aromatic carbocycles. The largest absolute Gasteiger partial charge is 0.0912 e. The predicted molar refractivity (Wildman–Crippen MR) is 70.9 cm³/mol. The van der Waals surface area contributed by atoms with Gasteiger partial charge in [0.1, 0.15) is 0 Å². The van der Waals surface area contributed by atoms with Crippen molar-refractivity contribution in [2.75, 3.05) is 5.33 Å². The van der Waals surface area contributed by atoms with E-state index in [-0.39, 0.29) is 0 Å². The van der Waals surface area contributed by atoms with Crippen molar-refractivity contribution < 1.29 is 0 Å². The van der Waals surface area contributed by atoms with E-state index in [0.29, 0.717) is 4.83 Å². The standard InChI is InChI=1S/C12H16Br2/c1-7-5-11(12(14)6-13)10(4)9(3)8(7)2/h5,12H,6H2,1-4H3. The maximum absolute atomic E-state index is 3.68. The highest BCUT2D eigenvalue weighted by Crippen LogP contribution is 2.31. The quantitative estimate of drug-likeness (QED) is 0.690. The summed E-state index contributed by atoms with van der Waals surface area (Å²) in [5.41, 5.74) is 7.04. The Morgan fingerprint density at radius 3 is 2.14 bits per heavy atom. The number of halogens is 2. The lowest BCUT2D eigenvalue weighted by atomic mass is 9.93. The van der Waals surface area contributed by atoms with E-state index in [2.05, 4.69) is 65.6 Å². The number of benzene rings is 1. The summed E-state index contributed by atoms with van der Waals surface area (Å²) in [6.45, 7) is 8.78. The molecule has 1 atom stereocenters. The minimum absolute atomic E-state index is 0.417. The van der Waals surface area contributed by atoms with Crippen LogP contribution in [0, 0.1) is 27.7 Å². The smallest absolute Gasteiger partial charge is 0.0494 e. The summed E-state index contributed by atoms with van der Waals surface area (Å²) in [6.07, 6.45) is 0. The first-order valence-electron chi connectivity index (χ1n) is 4.76. The van der Waals surface area contributed by atoms with Gasteiger partial charge < -0.3 is 0 Å². The summed E-state index contributed by atoms with van der Waals surface area (Å²) >= 11 is 7.19. The van der Waals surface area contributed by atoms with Gasteiger partial charge in [-0.25, -0.2) is 0 Å². The number of rotatable bonds is 2. The van der Waals surface area contributed by atoms with Crippen LogP contribution in [0.25, 0.3) is 0 Å². The first kappa shape index (κ1) is 12.3. The third kappa shape index (κ3) is 2.22. The van der Waals surface area contributed by atoms with Gasteiger partial charge in [0.15, 0.2) is 0 Å². The van der Waals surface area contributed by atoms with Gasteiger partial charge >= 0.3 is 0 Å². The molecule has 0 radical (unpaired) electrons.